The SMILES string of the molecule is CCOC(=O)C1CCN(C(=O)c2sc3nc4c(cc3c2N)CC(C(C)(C)C)CC4)CC1. The zero-order valence-electron chi connectivity index (χ0n) is 19.0. The highest BCUT2D eigenvalue weighted by Crippen LogP contribution is 2.40. The summed E-state index contributed by atoms with van der Waals surface area (Å²) in [5.41, 5.74) is 9.71. The first kappa shape index (κ1) is 22.1. The number of aryl methyl sites for hydroxylation is 1. The fourth-order valence-corrected chi connectivity index (χ4v) is 5.87. The van der Waals surface area contributed by atoms with E-state index in [-0.39, 0.29) is 23.2 Å². The number of hydrogen-bond donors (Lipinski definition) is 1. The van der Waals surface area contributed by atoms with Crippen molar-refractivity contribution in [2.75, 3.05) is 25.4 Å². The number of rotatable bonds is 3. The minimum absolute atomic E-state index is 0.0478. The number of piperidine rings is 1. The normalized spacial score (nSPS) is 20.0. The number of thiophene rings is 1. The van der Waals surface area contributed by atoms with Gasteiger partial charge in [0.1, 0.15) is 9.71 Å². The molecule has 2 aromatic rings. The Morgan fingerprint density at radius 1 is 1.26 bits per heavy atom. The second-order valence-corrected chi connectivity index (χ2v) is 10.9. The van der Waals surface area contributed by atoms with Gasteiger partial charge in [-0.2, -0.15) is 0 Å². The molecule has 1 fully saturated rings. The zero-order chi connectivity index (χ0) is 22.3. The molecule has 0 radical (unpaired) electrons. The maximum atomic E-state index is 13.2. The third kappa shape index (κ3) is 4.29. The Hall–Kier alpha value is -2.15. The average molecular weight is 444 g/mol. The molecule has 0 spiro atoms. The molecular weight excluding hydrogens is 410 g/mol. The predicted octanol–water partition coefficient (Wildman–Crippen LogP) is 4.44. The molecule has 31 heavy (non-hydrogen) atoms. The second kappa shape index (κ2) is 8.41. The van der Waals surface area contributed by atoms with Crippen molar-refractivity contribution in [3.8, 4) is 0 Å². The molecule has 7 heteroatoms. The quantitative estimate of drug-likeness (QED) is 0.709. The Bertz CT molecular complexity index is 1000. The molecule has 0 bridgehead atoms. The van der Waals surface area contributed by atoms with Crippen molar-refractivity contribution in [2.24, 2.45) is 17.3 Å². The monoisotopic (exact) mass is 443 g/mol. The van der Waals surface area contributed by atoms with Gasteiger partial charge in [0.15, 0.2) is 0 Å². The van der Waals surface area contributed by atoms with Gasteiger partial charge in [-0.1, -0.05) is 20.8 Å². The minimum Gasteiger partial charge on any atom is -0.466 e. The molecule has 2 aromatic heterocycles. The van der Waals surface area contributed by atoms with Crippen LogP contribution in [0.3, 0.4) is 0 Å². The van der Waals surface area contributed by atoms with E-state index in [4.69, 9.17) is 15.5 Å². The van der Waals surface area contributed by atoms with Gasteiger partial charge in [-0.25, -0.2) is 4.98 Å². The van der Waals surface area contributed by atoms with E-state index in [1.165, 1.54) is 16.9 Å². The molecule has 1 aliphatic carbocycles. The minimum atomic E-state index is -0.153. The molecule has 6 nitrogen and oxygen atoms in total. The van der Waals surface area contributed by atoms with Gasteiger partial charge in [-0.15, -0.1) is 11.3 Å². The van der Waals surface area contributed by atoms with Crippen molar-refractivity contribution >= 4 is 39.1 Å². The van der Waals surface area contributed by atoms with Crippen molar-refractivity contribution in [2.45, 2.75) is 59.8 Å². The number of amides is 1. The Morgan fingerprint density at radius 3 is 2.61 bits per heavy atom. The third-order valence-electron chi connectivity index (χ3n) is 6.91. The number of likely N-dealkylation sites (tertiary alicyclic amines) is 1. The first-order chi connectivity index (χ1) is 14.7. The van der Waals surface area contributed by atoms with E-state index in [0.717, 1.165) is 35.2 Å². The van der Waals surface area contributed by atoms with E-state index >= 15 is 0 Å². The summed E-state index contributed by atoms with van der Waals surface area (Å²) in [6.45, 7) is 10.2. The molecule has 1 atom stereocenters. The van der Waals surface area contributed by atoms with Crippen LogP contribution < -0.4 is 5.73 Å². The van der Waals surface area contributed by atoms with E-state index in [0.29, 0.717) is 49.0 Å². The summed E-state index contributed by atoms with van der Waals surface area (Å²) in [6, 6.07) is 2.17. The van der Waals surface area contributed by atoms with Crippen molar-refractivity contribution in [3.05, 3.63) is 22.2 Å². The lowest BCUT2D eigenvalue weighted by atomic mass is 9.71. The number of esters is 1. The van der Waals surface area contributed by atoms with E-state index in [1.807, 2.05) is 11.8 Å². The first-order valence-electron chi connectivity index (χ1n) is 11.4. The molecule has 1 aliphatic heterocycles. The first-order valence-corrected chi connectivity index (χ1v) is 12.2. The lowest BCUT2D eigenvalue weighted by Crippen LogP contribution is -2.40. The standard InChI is InChI=1S/C24H33N3O3S/c1-5-30-23(29)14-8-10-27(11-9-14)22(28)20-19(25)17-13-15-12-16(24(2,3)4)6-7-18(15)26-21(17)31-20/h13-14,16H,5-12,25H2,1-4H3. The number of carbonyl (C=O) groups is 2. The summed E-state index contributed by atoms with van der Waals surface area (Å²) in [7, 11) is 0. The fraction of sp³-hybridized carbons (Fsp3) is 0.625. The zero-order valence-corrected chi connectivity index (χ0v) is 19.8. The number of nitrogen functional groups attached to an aromatic ring is 1. The molecule has 1 unspecified atom stereocenters. The largest absolute Gasteiger partial charge is 0.466 e. The lowest BCUT2D eigenvalue weighted by molar-refractivity contribution is -0.149. The predicted molar refractivity (Wildman–Crippen MR) is 124 cm³/mol. The van der Waals surface area contributed by atoms with E-state index in [1.54, 1.807) is 0 Å². The van der Waals surface area contributed by atoms with Crippen LogP contribution in [-0.2, 0) is 22.4 Å². The van der Waals surface area contributed by atoms with Gasteiger partial charge in [0, 0.05) is 24.2 Å². The van der Waals surface area contributed by atoms with Gasteiger partial charge < -0.3 is 15.4 Å². The van der Waals surface area contributed by atoms with Crippen LogP contribution in [0.2, 0.25) is 0 Å². The molecule has 2 aliphatic rings. The smallest absolute Gasteiger partial charge is 0.309 e. The van der Waals surface area contributed by atoms with E-state index in [2.05, 4.69) is 26.8 Å². The van der Waals surface area contributed by atoms with Gasteiger partial charge in [0.05, 0.1) is 18.2 Å². The number of pyridine rings is 1. The van der Waals surface area contributed by atoms with Crippen LogP contribution >= 0.6 is 11.3 Å². The van der Waals surface area contributed by atoms with Crippen LogP contribution in [0.1, 0.15) is 67.9 Å². The van der Waals surface area contributed by atoms with Crippen LogP contribution in [-0.4, -0.2) is 41.5 Å². The molecular formula is C24H33N3O3S. The van der Waals surface area contributed by atoms with Crippen LogP contribution in [0.25, 0.3) is 10.2 Å². The van der Waals surface area contributed by atoms with Gasteiger partial charge in [-0.05, 0) is 62.0 Å². The Balaban J connectivity index is 1.54. The number of aromatic nitrogens is 1. The average Bonchev–Trinajstić information content (AvgIpc) is 3.06. The lowest BCUT2D eigenvalue weighted by Gasteiger charge is -2.34. The van der Waals surface area contributed by atoms with Crippen LogP contribution in [0.4, 0.5) is 5.69 Å². The number of ether oxygens (including phenoxy) is 1. The summed E-state index contributed by atoms with van der Waals surface area (Å²) in [6.07, 6.45) is 4.42. The molecule has 2 N–H and O–H groups in total. The molecule has 4 rings (SSSR count). The number of carbonyl (C=O) groups excluding carboxylic acids is 2. The van der Waals surface area contributed by atoms with Crippen molar-refractivity contribution in [1.82, 2.24) is 9.88 Å². The van der Waals surface area contributed by atoms with Crippen LogP contribution in [0, 0.1) is 17.3 Å². The Morgan fingerprint density at radius 2 is 1.97 bits per heavy atom. The van der Waals surface area contributed by atoms with Gasteiger partial charge in [-0.3, -0.25) is 9.59 Å². The number of hydrogen-bond acceptors (Lipinski definition) is 6. The molecule has 1 amide bonds. The van der Waals surface area contributed by atoms with Gasteiger partial charge in [0.2, 0.25) is 0 Å². The summed E-state index contributed by atoms with van der Waals surface area (Å²) in [5.74, 6) is 0.307. The van der Waals surface area contributed by atoms with Crippen molar-refractivity contribution < 1.29 is 14.3 Å². The summed E-state index contributed by atoms with van der Waals surface area (Å²) >= 11 is 1.40. The number of anilines is 1. The highest BCUT2D eigenvalue weighted by atomic mass is 32.1. The molecule has 0 saturated carbocycles. The molecule has 168 valence electrons. The maximum Gasteiger partial charge on any atom is 0.309 e. The second-order valence-electron chi connectivity index (χ2n) is 9.92. The maximum absolute atomic E-state index is 13.2. The summed E-state index contributed by atoms with van der Waals surface area (Å²) < 4.78 is 5.13. The van der Waals surface area contributed by atoms with Crippen LogP contribution in [0.15, 0.2) is 6.07 Å². The Labute approximate surface area is 188 Å². The summed E-state index contributed by atoms with van der Waals surface area (Å²) in [4.78, 5) is 33.3. The number of nitrogens with zero attached hydrogens (tertiary/aromatic N) is 2. The van der Waals surface area contributed by atoms with Crippen molar-refractivity contribution in [1.29, 1.82) is 0 Å². The highest BCUT2D eigenvalue weighted by molar-refractivity contribution is 7.21. The van der Waals surface area contributed by atoms with E-state index in [9.17, 15) is 9.59 Å². The van der Waals surface area contributed by atoms with Gasteiger partial charge >= 0.3 is 5.97 Å². The molecule has 0 aromatic carbocycles. The summed E-state index contributed by atoms with van der Waals surface area (Å²) in [5, 5.41) is 0.906. The number of fused-ring (bicyclic) bond motifs is 2. The van der Waals surface area contributed by atoms with Gasteiger partial charge in [0.25, 0.3) is 5.91 Å². The topological polar surface area (TPSA) is 85.5 Å². The van der Waals surface area contributed by atoms with E-state index < -0.39 is 0 Å². The van der Waals surface area contributed by atoms with Crippen LogP contribution in [0.5, 0.6) is 0 Å². The highest BCUT2D eigenvalue weighted by Gasteiger charge is 2.32. The number of nitrogens with two attached hydrogens (primary N) is 1. The molecule has 1 saturated heterocycles. The fourth-order valence-electron chi connectivity index (χ4n) is 4.81. The molecule has 3 heterocycles. The van der Waals surface area contributed by atoms with Crippen molar-refractivity contribution in [3.63, 3.8) is 0 Å². The Kier molecular flexibility index (Phi) is 5.99. The third-order valence-corrected chi connectivity index (χ3v) is 8.01.